The molecule has 1 saturated carbocycles. The van der Waals surface area contributed by atoms with Crippen molar-refractivity contribution in [3.05, 3.63) is 22.8 Å². The number of hydrogen-bond donors (Lipinski definition) is 1. The molecule has 3 nitrogen and oxygen atoms in total. The van der Waals surface area contributed by atoms with Crippen LogP contribution in [0, 0.1) is 11.8 Å². The molecule has 0 aliphatic heterocycles. The van der Waals surface area contributed by atoms with E-state index in [2.05, 4.69) is 5.32 Å². The third-order valence-electron chi connectivity index (χ3n) is 6.14. The first-order valence-corrected chi connectivity index (χ1v) is 9.90. The second-order valence-electron chi connectivity index (χ2n) is 7.76. The number of hydrogen-bond acceptors (Lipinski definition) is 2. The lowest BCUT2D eigenvalue weighted by Crippen LogP contribution is -2.34. The normalized spacial score (nSPS) is 26.3. The number of carbonyl (C=O) groups is 2. The van der Waals surface area contributed by atoms with E-state index in [0.717, 1.165) is 19.3 Å². The van der Waals surface area contributed by atoms with Gasteiger partial charge in [0.15, 0.2) is 5.78 Å². The van der Waals surface area contributed by atoms with Gasteiger partial charge in [-0.25, -0.2) is 0 Å². The molecule has 1 fully saturated rings. The second kappa shape index (κ2) is 8.13. The van der Waals surface area contributed by atoms with E-state index in [1.165, 1.54) is 68.9 Å². The first kappa shape index (κ1) is 17.4. The molecular formula is C21H31NO2. The Balaban J connectivity index is 1.89. The molecule has 1 N–H and O–H groups in total. The quantitative estimate of drug-likeness (QED) is 0.776. The standard InChI is InChI=1S/C21H31NO2/c1-22-21(24)19-14-16-11-7-2-3-8-12-17(16)18(20(19)23)13-15-9-5-4-6-10-15/h14-15,18H,2-13H2,1H3,(H,22,24). The fourth-order valence-corrected chi connectivity index (χ4v) is 4.78. The van der Waals surface area contributed by atoms with E-state index in [-0.39, 0.29) is 17.6 Å². The van der Waals surface area contributed by atoms with Crippen LogP contribution >= 0.6 is 0 Å². The van der Waals surface area contributed by atoms with E-state index in [1.54, 1.807) is 7.05 Å². The maximum absolute atomic E-state index is 13.1. The smallest absolute Gasteiger partial charge is 0.254 e. The van der Waals surface area contributed by atoms with Crippen LogP contribution < -0.4 is 5.32 Å². The summed E-state index contributed by atoms with van der Waals surface area (Å²) in [4.78, 5) is 25.3. The first-order valence-electron chi connectivity index (χ1n) is 9.90. The Bertz CT molecular complexity index is 552. The number of rotatable bonds is 3. The van der Waals surface area contributed by atoms with Gasteiger partial charge in [0.25, 0.3) is 5.91 Å². The van der Waals surface area contributed by atoms with E-state index < -0.39 is 0 Å². The molecule has 1 amide bonds. The summed E-state index contributed by atoms with van der Waals surface area (Å²) in [5.74, 6) is 0.510. The maximum Gasteiger partial charge on any atom is 0.254 e. The summed E-state index contributed by atoms with van der Waals surface area (Å²) < 4.78 is 0. The molecule has 0 spiro atoms. The van der Waals surface area contributed by atoms with Gasteiger partial charge in [-0.3, -0.25) is 9.59 Å². The van der Waals surface area contributed by atoms with Gasteiger partial charge in [-0.1, -0.05) is 50.5 Å². The molecule has 0 bridgehead atoms. The summed E-state index contributed by atoms with van der Waals surface area (Å²) >= 11 is 0. The molecule has 1 atom stereocenters. The molecule has 3 heteroatoms. The average Bonchev–Trinajstić information content (AvgIpc) is 2.59. The maximum atomic E-state index is 13.1. The van der Waals surface area contributed by atoms with Crippen LogP contribution in [0.2, 0.25) is 0 Å². The molecule has 3 rings (SSSR count). The van der Waals surface area contributed by atoms with Crippen molar-refractivity contribution in [3.8, 4) is 0 Å². The van der Waals surface area contributed by atoms with Crippen LogP contribution in [0.4, 0.5) is 0 Å². The number of amides is 1. The molecule has 0 aromatic rings. The highest BCUT2D eigenvalue weighted by Gasteiger charge is 2.35. The van der Waals surface area contributed by atoms with Gasteiger partial charge in [-0.05, 0) is 49.7 Å². The Morgan fingerprint density at radius 1 is 1.04 bits per heavy atom. The summed E-state index contributed by atoms with van der Waals surface area (Å²) in [5.41, 5.74) is 3.07. The molecule has 0 aromatic heterocycles. The van der Waals surface area contributed by atoms with E-state index in [0.29, 0.717) is 11.5 Å². The zero-order chi connectivity index (χ0) is 16.9. The van der Waals surface area contributed by atoms with Crippen LogP contribution in [0.15, 0.2) is 22.8 Å². The van der Waals surface area contributed by atoms with Gasteiger partial charge in [0.1, 0.15) is 0 Å². The van der Waals surface area contributed by atoms with Crippen LogP contribution in [0.25, 0.3) is 0 Å². The van der Waals surface area contributed by atoms with E-state index >= 15 is 0 Å². The third kappa shape index (κ3) is 3.81. The van der Waals surface area contributed by atoms with Gasteiger partial charge >= 0.3 is 0 Å². The highest BCUT2D eigenvalue weighted by atomic mass is 16.2. The van der Waals surface area contributed by atoms with Crippen molar-refractivity contribution in [1.29, 1.82) is 0 Å². The fourth-order valence-electron chi connectivity index (χ4n) is 4.78. The number of allylic oxidation sites excluding steroid dienone is 3. The number of Topliss-reactive ketones (excluding diaryl/α,β-unsaturated/α-hetero) is 1. The SMILES string of the molecule is CNC(=O)C1=CC2=C(CCCCCC2)C(CC2CCCCC2)C1=O. The monoisotopic (exact) mass is 329 g/mol. The number of ketones is 1. The minimum atomic E-state index is -0.206. The zero-order valence-corrected chi connectivity index (χ0v) is 15.0. The van der Waals surface area contributed by atoms with E-state index in [1.807, 2.05) is 6.08 Å². The van der Waals surface area contributed by atoms with Crippen molar-refractivity contribution < 1.29 is 9.59 Å². The van der Waals surface area contributed by atoms with Crippen LogP contribution in [0.3, 0.4) is 0 Å². The predicted molar refractivity (Wildman–Crippen MR) is 96.6 cm³/mol. The summed E-state index contributed by atoms with van der Waals surface area (Å²) in [6, 6.07) is 0. The highest BCUT2D eigenvalue weighted by Crippen LogP contribution is 2.40. The van der Waals surface area contributed by atoms with Crippen molar-refractivity contribution >= 4 is 11.7 Å². The minimum Gasteiger partial charge on any atom is -0.355 e. The third-order valence-corrected chi connectivity index (χ3v) is 6.14. The minimum absolute atomic E-state index is 0.0292. The lowest BCUT2D eigenvalue weighted by molar-refractivity contribution is -0.124. The van der Waals surface area contributed by atoms with Gasteiger partial charge in [-0.2, -0.15) is 0 Å². The molecule has 132 valence electrons. The highest BCUT2D eigenvalue weighted by molar-refractivity contribution is 6.21. The molecule has 1 unspecified atom stereocenters. The van der Waals surface area contributed by atoms with Crippen molar-refractivity contribution in [3.63, 3.8) is 0 Å². The van der Waals surface area contributed by atoms with Gasteiger partial charge in [0.2, 0.25) is 0 Å². The summed E-state index contributed by atoms with van der Waals surface area (Å²) in [5, 5.41) is 2.66. The number of carbonyl (C=O) groups excluding carboxylic acids is 2. The first-order chi connectivity index (χ1) is 11.7. The van der Waals surface area contributed by atoms with Crippen LogP contribution in [-0.4, -0.2) is 18.7 Å². The molecular weight excluding hydrogens is 298 g/mol. The van der Waals surface area contributed by atoms with E-state index in [4.69, 9.17) is 0 Å². The van der Waals surface area contributed by atoms with Crippen molar-refractivity contribution in [2.45, 2.75) is 77.0 Å². The topological polar surface area (TPSA) is 46.2 Å². The Labute approximate surface area is 146 Å². The Morgan fingerprint density at radius 2 is 1.71 bits per heavy atom. The zero-order valence-electron chi connectivity index (χ0n) is 15.0. The molecule has 3 aliphatic carbocycles. The number of nitrogens with one attached hydrogen (secondary N) is 1. The van der Waals surface area contributed by atoms with Crippen LogP contribution in [0.5, 0.6) is 0 Å². The molecule has 3 aliphatic rings. The van der Waals surface area contributed by atoms with Gasteiger partial charge in [0, 0.05) is 13.0 Å². The molecule has 0 heterocycles. The van der Waals surface area contributed by atoms with Gasteiger partial charge in [0.05, 0.1) is 5.57 Å². The van der Waals surface area contributed by atoms with Gasteiger partial charge in [-0.15, -0.1) is 0 Å². The van der Waals surface area contributed by atoms with Crippen molar-refractivity contribution in [2.24, 2.45) is 11.8 Å². The van der Waals surface area contributed by atoms with Crippen LogP contribution in [-0.2, 0) is 9.59 Å². The Morgan fingerprint density at radius 3 is 2.42 bits per heavy atom. The summed E-state index contributed by atoms with van der Waals surface area (Å²) in [6.07, 6.45) is 16.3. The molecule has 0 aromatic carbocycles. The number of likely N-dealkylation sites (N-methyl/N-ethyl adjacent to an activating group) is 1. The summed E-state index contributed by atoms with van der Waals surface area (Å²) in [6.45, 7) is 0. The lowest BCUT2D eigenvalue weighted by Gasteiger charge is -2.32. The summed E-state index contributed by atoms with van der Waals surface area (Å²) in [7, 11) is 1.62. The lowest BCUT2D eigenvalue weighted by atomic mass is 9.71. The van der Waals surface area contributed by atoms with Crippen LogP contribution in [0.1, 0.15) is 77.0 Å². The van der Waals surface area contributed by atoms with Gasteiger partial charge < -0.3 is 5.32 Å². The fraction of sp³-hybridized carbons (Fsp3) is 0.714. The average molecular weight is 329 g/mol. The molecule has 0 saturated heterocycles. The van der Waals surface area contributed by atoms with Crippen molar-refractivity contribution in [2.75, 3.05) is 7.05 Å². The Hall–Kier alpha value is -1.38. The van der Waals surface area contributed by atoms with Crippen molar-refractivity contribution in [1.82, 2.24) is 5.32 Å². The van der Waals surface area contributed by atoms with E-state index in [9.17, 15) is 9.59 Å². The molecule has 0 radical (unpaired) electrons. The largest absolute Gasteiger partial charge is 0.355 e. The Kier molecular flexibility index (Phi) is 5.91. The molecule has 24 heavy (non-hydrogen) atoms. The predicted octanol–water partition coefficient (Wildman–Crippen LogP) is 4.48. The second-order valence-corrected chi connectivity index (χ2v) is 7.76.